The lowest BCUT2D eigenvalue weighted by Crippen LogP contribution is -2.25. The average molecular weight is 153 g/mol. The van der Waals surface area contributed by atoms with E-state index < -0.39 is 5.54 Å². The van der Waals surface area contributed by atoms with Crippen molar-refractivity contribution in [2.45, 2.75) is 32.2 Å². The second-order valence-electron chi connectivity index (χ2n) is 3.67. The van der Waals surface area contributed by atoms with Crippen LogP contribution in [0.3, 0.4) is 0 Å². The lowest BCUT2D eigenvalue weighted by Gasteiger charge is -2.05. The van der Waals surface area contributed by atoms with E-state index in [2.05, 4.69) is 4.99 Å². The van der Waals surface area contributed by atoms with Crippen molar-refractivity contribution in [1.29, 1.82) is 0 Å². The molecule has 0 aromatic rings. The predicted molar refractivity (Wildman–Crippen MR) is 40.3 cm³/mol. The van der Waals surface area contributed by atoms with E-state index in [1.165, 1.54) is 0 Å². The molecule has 0 unspecified atom stereocenters. The van der Waals surface area contributed by atoms with Crippen molar-refractivity contribution in [1.82, 2.24) is 0 Å². The normalized spacial score (nSPS) is 28.2. The van der Waals surface area contributed by atoms with Gasteiger partial charge in [-0.1, -0.05) is 0 Å². The van der Waals surface area contributed by atoms with Crippen LogP contribution in [0, 0.1) is 5.92 Å². The van der Waals surface area contributed by atoms with Gasteiger partial charge >= 0.3 is 5.97 Å². The monoisotopic (exact) mass is 153 g/mol. The fourth-order valence-corrected chi connectivity index (χ4v) is 1.07. The maximum absolute atomic E-state index is 11.1. The van der Waals surface area contributed by atoms with Crippen molar-refractivity contribution in [2.75, 3.05) is 0 Å². The fourth-order valence-electron chi connectivity index (χ4n) is 1.07. The van der Waals surface area contributed by atoms with Crippen molar-refractivity contribution < 1.29 is 9.53 Å². The van der Waals surface area contributed by atoms with Crippen molar-refractivity contribution in [3.8, 4) is 0 Å². The highest BCUT2D eigenvalue weighted by Crippen LogP contribution is 2.35. The summed E-state index contributed by atoms with van der Waals surface area (Å²) in [6, 6.07) is 0. The first kappa shape index (κ1) is 6.83. The third-order valence-electron chi connectivity index (χ3n) is 2.01. The molecule has 1 aliphatic carbocycles. The molecule has 0 radical (unpaired) electrons. The number of aliphatic imine (C=N–C) groups is 1. The van der Waals surface area contributed by atoms with E-state index in [4.69, 9.17) is 4.74 Å². The Labute approximate surface area is 65.5 Å². The number of esters is 1. The zero-order valence-electron chi connectivity index (χ0n) is 6.76. The molecule has 60 valence electrons. The molecule has 11 heavy (non-hydrogen) atoms. The van der Waals surface area contributed by atoms with Crippen LogP contribution in [0.5, 0.6) is 0 Å². The lowest BCUT2D eigenvalue weighted by atomic mass is 10.1. The summed E-state index contributed by atoms with van der Waals surface area (Å²) >= 11 is 0. The van der Waals surface area contributed by atoms with Gasteiger partial charge in [0.15, 0.2) is 11.4 Å². The summed E-state index contributed by atoms with van der Waals surface area (Å²) < 4.78 is 5.01. The van der Waals surface area contributed by atoms with Gasteiger partial charge < -0.3 is 4.74 Å². The molecule has 0 saturated heterocycles. The van der Waals surface area contributed by atoms with Gasteiger partial charge in [0.25, 0.3) is 0 Å². The van der Waals surface area contributed by atoms with Gasteiger partial charge in [-0.25, -0.2) is 9.79 Å². The van der Waals surface area contributed by atoms with Gasteiger partial charge in [-0.2, -0.15) is 0 Å². The second-order valence-corrected chi connectivity index (χ2v) is 3.67. The summed E-state index contributed by atoms with van der Waals surface area (Å²) in [5.74, 6) is 0.903. The number of ether oxygens (including phenoxy) is 1. The summed E-state index contributed by atoms with van der Waals surface area (Å²) in [6.07, 6.45) is 2.25. The molecule has 0 bridgehead atoms. The van der Waals surface area contributed by atoms with Gasteiger partial charge in [-0.3, -0.25) is 0 Å². The highest BCUT2D eigenvalue weighted by atomic mass is 16.6. The van der Waals surface area contributed by atoms with Gasteiger partial charge in [0.1, 0.15) is 0 Å². The summed E-state index contributed by atoms with van der Waals surface area (Å²) in [5.41, 5.74) is -0.627. The summed E-state index contributed by atoms with van der Waals surface area (Å²) in [5, 5.41) is 0. The zero-order valence-corrected chi connectivity index (χ0v) is 6.76. The molecule has 2 rings (SSSR count). The van der Waals surface area contributed by atoms with Crippen molar-refractivity contribution in [3.05, 3.63) is 0 Å². The molecule has 1 fully saturated rings. The highest BCUT2D eigenvalue weighted by molar-refractivity contribution is 6.01. The molecule has 0 aromatic carbocycles. The van der Waals surface area contributed by atoms with Gasteiger partial charge in [-0.05, 0) is 26.7 Å². The Morgan fingerprint density at radius 2 is 2.18 bits per heavy atom. The van der Waals surface area contributed by atoms with E-state index in [0.29, 0.717) is 11.8 Å². The number of nitrogens with zero attached hydrogens (tertiary/aromatic N) is 1. The van der Waals surface area contributed by atoms with Gasteiger partial charge in [0.05, 0.1) is 0 Å². The molecule has 0 amide bonds. The van der Waals surface area contributed by atoms with Crippen molar-refractivity contribution >= 4 is 11.9 Å². The Balaban J connectivity index is 2.20. The number of carbonyl (C=O) groups excluding carboxylic acids is 1. The minimum atomic E-state index is -0.627. The molecular weight excluding hydrogens is 142 g/mol. The van der Waals surface area contributed by atoms with Crippen LogP contribution < -0.4 is 0 Å². The van der Waals surface area contributed by atoms with Crippen LogP contribution in [0.2, 0.25) is 0 Å². The quantitative estimate of drug-likeness (QED) is 0.530. The third-order valence-corrected chi connectivity index (χ3v) is 2.01. The van der Waals surface area contributed by atoms with E-state index in [-0.39, 0.29) is 5.97 Å². The number of cyclic esters (lactones) is 1. The maximum atomic E-state index is 11.1. The molecule has 1 aliphatic heterocycles. The van der Waals surface area contributed by atoms with Crippen LogP contribution in [-0.2, 0) is 9.53 Å². The first-order chi connectivity index (χ1) is 5.09. The predicted octanol–water partition coefficient (Wildman–Crippen LogP) is 1.13. The lowest BCUT2D eigenvalue weighted by molar-refractivity contribution is -0.138. The molecule has 1 saturated carbocycles. The molecule has 0 spiro atoms. The first-order valence-corrected chi connectivity index (χ1v) is 3.91. The van der Waals surface area contributed by atoms with Crippen LogP contribution >= 0.6 is 0 Å². The molecular formula is C8H11NO2. The first-order valence-electron chi connectivity index (χ1n) is 3.91. The Hall–Kier alpha value is -0.860. The minimum Gasteiger partial charge on any atom is -0.410 e. The van der Waals surface area contributed by atoms with E-state index in [1.54, 1.807) is 13.8 Å². The Kier molecular flexibility index (Phi) is 1.14. The number of rotatable bonds is 1. The number of carbonyl (C=O) groups is 1. The van der Waals surface area contributed by atoms with Gasteiger partial charge in [-0.15, -0.1) is 0 Å². The molecule has 3 nitrogen and oxygen atoms in total. The molecule has 0 N–H and O–H groups in total. The molecule has 0 aromatic heterocycles. The summed E-state index contributed by atoms with van der Waals surface area (Å²) in [7, 11) is 0. The van der Waals surface area contributed by atoms with Crippen molar-refractivity contribution in [2.24, 2.45) is 10.9 Å². The SMILES string of the molecule is CC1(C)N=C(C2CC2)OC1=O. The Morgan fingerprint density at radius 1 is 1.55 bits per heavy atom. The van der Waals surface area contributed by atoms with E-state index in [0.717, 1.165) is 12.8 Å². The van der Waals surface area contributed by atoms with E-state index in [9.17, 15) is 4.79 Å². The van der Waals surface area contributed by atoms with Crippen LogP contribution in [0.25, 0.3) is 0 Å². The third kappa shape index (κ3) is 1.04. The van der Waals surface area contributed by atoms with Crippen molar-refractivity contribution in [3.63, 3.8) is 0 Å². The summed E-state index contributed by atoms with van der Waals surface area (Å²) in [6.45, 7) is 3.56. The molecule has 2 aliphatic rings. The van der Waals surface area contributed by atoms with E-state index >= 15 is 0 Å². The standard InChI is InChI=1S/C8H11NO2/c1-8(2)7(10)11-6(9-8)5-3-4-5/h5H,3-4H2,1-2H3. The highest BCUT2D eigenvalue weighted by Gasteiger charge is 2.42. The maximum Gasteiger partial charge on any atom is 0.340 e. The Morgan fingerprint density at radius 3 is 2.55 bits per heavy atom. The smallest absolute Gasteiger partial charge is 0.340 e. The molecule has 0 atom stereocenters. The second kappa shape index (κ2) is 1.84. The Bertz CT molecular complexity index is 238. The minimum absolute atomic E-state index is 0.209. The van der Waals surface area contributed by atoms with Gasteiger partial charge in [0, 0.05) is 5.92 Å². The number of hydrogen-bond donors (Lipinski definition) is 0. The average Bonchev–Trinajstić information content (AvgIpc) is 2.63. The zero-order chi connectivity index (χ0) is 8.06. The molecule has 3 heteroatoms. The fraction of sp³-hybridized carbons (Fsp3) is 0.750. The van der Waals surface area contributed by atoms with Crippen LogP contribution in [0.15, 0.2) is 4.99 Å². The number of hydrogen-bond acceptors (Lipinski definition) is 3. The largest absolute Gasteiger partial charge is 0.410 e. The topological polar surface area (TPSA) is 38.7 Å². The van der Waals surface area contributed by atoms with Crippen LogP contribution in [-0.4, -0.2) is 17.4 Å². The summed E-state index contributed by atoms with van der Waals surface area (Å²) in [4.78, 5) is 15.3. The van der Waals surface area contributed by atoms with Gasteiger partial charge in [0.2, 0.25) is 0 Å². The van der Waals surface area contributed by atoms with Crippen LogP contribution in [0.1, 0.15) is 26.7 Å². The van der Waals surface area contributed by atoms with Crippen LogP contribution in [0.4, 0.5) is 0 Å². The molecule has 1 heterocycles. The van der Waals surface area contributed by atoms with E-state index in [1.807, 2.05) is 0 Å².